The molecule has 3 heterocycles. The predicted octanol–water partition coefficient (Wildman–Crippen LogP) is 4.76. The molecule has 222 valence electrons. The highest BCUT2D eigenvalue weighted by molar-refractivity contribution is 6.05. The lowest BCUT2D eigenvalue weighted by atomic mass is 9.72. The number of piperidine rings is 1. The third-order valence-electron chi connectivity index (χ3n) is 9.47. The van der Waals surface area contributed by atoms with Gasteiger partial charge in [0, 0.05) is 44.7 Å². The average Bonchev–Trinajstić information content (AvgIpc) is 3.11. The molecule has 3 amide bonds. The number of hydrogen-bond donors (Lipinski definition) is 1. The summed E-state index contributed by atoms with van der Waals surface area (Å²) in [5.41, 5.74) is 7.09. The van der Waals surface area contributed by atoms with Gasteiger partial charge < -0.3 is 4.90 Å². The van der Waals surface area contributed by atoms with Crippen molar-refractivity contribution in [2.45, 2.75) is 71.5 Å². The van der Waals surface area contributed by atoms with Gasteiger partial charge in [0.15, 0.2) is 0 Å². The first-order chi connectivity index (χ1) is 20.1. The molecule has 1 aliphatic carbocycles. The summed E-state index contributed by atoms with van der Waals surface area (Å²) >= 11 is 0. The van der Waals surface area contributed by atoms with Gasteiger partial charge in [0.2, 0.25) is 11.8 Å². The Hall–Kier alpha value is -3.36. The smallest absolute Gasteiger partial charge is 0.255 e. The fraction of sp³-hybridized carbons (Fsp3) is 0.500. The van der Waals surface area contributed by atoms with E-state index >= 15 is 0 Å². The van der Waals surface area contributed by atoms with E-state index in [1.807, 2.05) is 24.3 Å². The predicted molar refractivity (Wildman–Crippen MR) is 160 cm³/mol. The maximum atomic E-state index is 13.6. The molecule has 42 heavy (non-hydrogen) atoms. The van der Waals surface area contributed by atoms with Crippen LogP contribution in [0.5, 0.6) is 0 Å². The van der Waals surface area contributed by atoms with Crippen LogP contribution in [0.1, 0.15) is 79.4 Å². The molecule has 2 fully saturated rings. The first-order valence-corrected chi connectivity index (χ1v) is 15.3. The van der Waals surface area contributed by atoms with E-state index in [-0.39, 0.29) is 35.4 Å². The molecular formula is C34H41FN4O3. The zero-order valence-electron chi connectivity index (χ0n) is 24.8. The molecule has 6 rings (SSSR count). The summed E-state index contributed by atoms with van der Waals surface area (Å²) in [7, 11) is 0. The number of allylic oxidation sites excluding steroid dienone is 1. The van der Waals surface area contributed by atoms with E-state index in [1.165, 1.54) is 23.1 Å². The normalized spacial score (nSPS) is 23.6. The fourth-order valence-corrected chi connectivity index (χ4v) is 7.06. The van der Waals surface area contributed by atoms with Gasteiger partial charge in [0.25, 0.3) is 5.91 Å². The number of halogens is 1. The molecular weight excluding hydrogens is 531 g/mol. The minimum absolute atomic E-state index is 0.128. The lowest BCUT2D eigenvalue weighted by Crippen LogP contribution is -2.52. The highest BCUT2D eigenvalue weighted by atomic mass is 19.1. The number of imide groups is 1. The van der Waals surface area contributed by atoms with Gasteiger partial charge in [-0.05, 0) is 91.1 Å². The van der Waals surface area contributed by atoms with Gasteiger partial charge in [-0.1, -0.05) is 43.7 Å². The van der Waals surface area contributed by atoms with E-state index in [2.05, 4.69) is 35.0 Å². The number of hydrogen-bond acceptors (Lipinski definition) is 5. The van der Waals surface area contributed by atoms with E-state index in [0.717, 1.165) is 69.7 Å². The second-order valence-electron chi connectivity index (χ2n) is 13.2. The van der Waals surface area contributed by atoms with Gasteiger partial charge in [-0.15, -0.1) is 0 Å². The van der Waals surface area contributed by atoms with Crippen LogP contribution in [0.3, 0.4) is 0 Å². The van der Waals surface area contributed by atoms with E-state index < -0.39 is 6.04 Å². The molecule has 3 aliphatic heterocycles. The second kappa shape index (κ2) is 11.7. The van der Waals surface area contributed by atoms with Crippen LogP contribution in [0.4, 0.5) is 4.39 Å². The maximum absolute atomic E-state index is 13.6. The van der Waals surface area contributed by atoms with Crippen molar-refractivity contribution in [2.75, 3.05) is 32.7 Å². The van der Waals surface area contributed by atoms with Crippen LogP contribution in [0.2, 0.25) is 0 Å². The Labute approximate surface area is 247 Å². The number of rotatable bonds is 6. The van der Waals surface area contributed by atoms with Gasteiger partial charge in [0.1, 0.15) is 11.9 Å². The Bertz CT molecular complexity index is 1420. The summed E-state index contributed by atoms with van der Waals surface area (Å²) in [4.78, 5) is 43.7. The number of nitrogens with one attached hydrogen (secondary N) is 1. The van der Waals surface area contributed by atoms with Crippen molar-refractivity contribution in [1.29, 1.82) is 0 Å². The zero-order valence-corrected chi connectivity index (χ0v) is 24.8. The molecule has 0 bridgehead atoms. The van der Waals surface area contributed by atoms with Crippen LogP contribution >= 0.6 is 0 Å². The lowest BCUT2D eigenvalue weighted by Gasteiger charge is -2.35. The maximum Gasteiger partial charge on any atom is 0.255 e. The third-order valence-corrected chi connectivity index (χ3v) is 9.47. The SMILES string of the molecule is CC1(C)CCC(CN2CCCN(Cc3ccc4c(c3)CN(C3CCC(=O)NC3=O)C4=O)CC2)=C(c2ccc(F)cc2)C1. The van der Waals surface area contributed by atoms with Crippen molar-refractivity contribution in [1.82, 2.24) is 20.0 Å². The van der Waals surface area contributed by atoms with Crippen molar-refractivity contribution < 1.29 is 18.8 Å². The molecule has 0 saturated carbocycles. The number of benzene rings is 2. The molecule has 2 aromatic rings. The van der Waals surface area contributed by atoms with Crippen molar-refractivity contribution in [2.24, 2.45) is 5.41 Å². The molecule has 0 aromatic heterocycles. The number of nitrogens with zero attached hydrogens (tertiary/aromatic N) is 3. The summed E-state index contributed by atoms with van der Waals surface area (Å²) in [5.74, 6) is -0.965. The Morgan fingerprint density at radius 3 is 2.40 bits per heavy atom. The van der Waals surface area contributed by atoms with Crippen LogP contribution in [0.15, 0.2) is 48.0 Å². The Kier molecular flexibility index (Phi) is 8.03. The third kappa shape index (κ3) is 6.20. The fourth-order valence-electron chi connectivity index (χ4n) is 7.06. The number of carbonyl (C=O) groups excluding carboxylic acids is 3. The van der Waals surface area contributed by atoms with Gasteiger partial charge in [0.05, 0.1) is 0 Å². The van der Waals surface area contributed by atoms with Gasteiger partial charge in [-0.2, -0.15) is 0 Å². The minimum Gasteiger partial charge on any atom is -0.322 e. The van der Waals surface area contributed by atoms with E-state index in [0.29, 0.717) is 18.5 Å². The molecule has 0 radical (unpaired) electrons. The Morgan fingerprint density at radius 2 is 1.67 bits per heavy atom. The van der Waals surface area contributed by atoms with Crippen molar-refractivity contribution in [3.8, 4) is 0 Å². The standard InChI is InChI=1S/C34H41FN4O3/c1-34(2)13-12-25(29(19-34)24-5-7-27(35)8-6-24)21-38-15-3-14-37(16-17-38)20-23-4-9-28-26(18-23)22-39(33(28)42)30-10-11-31(40)36-32(30)41/h4-9,18,30H,3,10-17,19-22H2,1-2H3,(H,36,40,41). The molecule has 0 spiro atoms. The Morgan fingerprint density at radius 1 is 0.929 bits per heavy atom. The zero-order chi connectivity index (χ0) is 29.4. The molecule has 1 atom stereocenters. The van der Waals surface area contributed by atoms with E-state index in [1.54, 1.807) is 17.0 Å². The lowest BCUT2D eigenvalue weighted by molar-refractivity contribution is -0.136. The topological polar surface area (TPSA) is 73.0 Å². The minimum atomic E-state index is -0.587. The first-order valence-electron chi connectivity index (χ1n) is 15.3. The highest BCUT2D eigenvalue weighted by Gasteiger charge is 2.39. The van der Waals surface area contributed by atoms with Gasteiger partial charge in [-0.3, -0.25) is 29.5 Å². The summed E-state index contributed by atoms with van der Waals surface area (Å²) in [5, 5.41) is 2.37. The number of fused-ring (bicyclic) bond motifs is 1. The van der Waals surface area contributed by atoms with Crippen LogP contribution in [0.25, 0.3) is 5.57 Å². The summed E-state index contributed by atoms with van der Waals surface area (Å²) in [6.45, 7) is 10.9. The van der Waals surface area contributed by atoms with Crippen molar-refractivity contribution in [3.63, 3.8) is 0 Å². The molecule has 2 aromatic carbocycles. The second-order valence-corrected chi connectivity index (χ2v) is 13.2. The van der Waals surface area contributed by atoms with Crippen LogP contribution in [-0.2, 0) is 22.7 Å². The molecule has 1 N–H and O–H groups in total. The van der Waals surface area contributed by atoms with Crippen molar-refractivity contribution in [3.05, 3.63) is 76.1 Å². The van der Waals surface area contributed by atoms with Gasteiger partial charge >= 0.3 is 0 Å². The van der Waals surface area contributed by atoms with E-state index in [9.17, 15) is 18.8 Å². The summed E-state index contributed by atoms with van der Waals surface area (Å²) in [6, 6.07) is 12.5. The highest BCUT2D eigenvalue weighted by Crippen LogP contribution is 2.43. The molecule has 7 nitrogen and oxygen atoms in total. The monoisotopic (exact) mass is 572 g/mol. The largest absolute Gasteiger partial charge is 0.322 e. The molecule has 1 unspecified atom stereocenters. The summed E-state index contributed by atoms with van der Waals surface area (Å²) in [6.07, 6.45) is 5.02. The molecule has 8 heteroatoms. The van der Waals surface area contributed by atoms with Crippen LogP contribution in [0, 0.1) is 11.2 Å². The van der Waals surface area contributed by atoms with Crippen LogP contribution < -0.4 is 5.32 Å². The quantitative estimate of drug-likeness (QED) is 0.506. The summed E-state index contributed by atoms with van der Waals surface area (Å²) < 4.78 is 13.6. The van der Waals surface area contributed by atoms with E-state index in [4.69, 9.17) is 0 Å². The Balaban J connectivity index is 1.09. The molecule has 4 aliphatic rings. The first kappa shape index (κ1) is 28.7. The number of carbonyl (C=O) groups is 3. The van der Waals surface area contributed by atoms with Crippen molar-refractivity contribution >= 4 is 23.3 Å². The van der Waals surface area contributed by atoms with Crippen LogP contribution in [-0.4, -0.2) is 71.2 Å². The molecule has 2 saturated heterocycles. The average molecular weight is 573 g/mol. The van der Waals surface area contributed by atoms with Gasteiger partial charge in [-0.25, -0.2) is 4.39 Å². The number of amides is 3.